The molecule has 2 N–H and O–H groups in total. The van der Waals surface area contributed by atoms with Crippen LogP contribution in [0.4, 0.5) is 5.82 Å². The number of nitrogens with zero attached hydrogens (tertiary/aromatic N) is 3. The maximum Gasteiger partial charge on any atom is 0.289 e. The second kappa shape index (κ2) is 5.93. The van der Waals surface area contributed by atoms with E-state index in [4.69, 9.17) is 0 Å². The lowest BCUT2D eigenvalue weighted by Gasteiger charge is -2.09. The van der Waals surface area contributed by atoms with E-state index in [0.29, 0.717) is 5.57 Å². The Morgan fingerprint density at radius 2 is 1.92 bits per heavy atom. The Balaban J connectivity index is 1.91. The Kier molecular flexibility index (Phi) is 3.94. The molecule has 0 saturated carbocycles. The molecule has 1 aromatic carbocycles. The Morgan fingerprint density at radius 3 is 2.54 bits per heavy atom. The number of amides is 1. The summed E-state index contributed by atoms with van der Waals surface area (Å²) in [4.78, 5) is 21.0. The molecular weight excluding hydrogens is 332 g/mol. The van der Waals surface area contributed by atoms with Crippen molar-refractivity contribution in [3.63, 3.8) is 0 Å². The smallest absolute Gasteiger partial charge is 0.289 e. The maximum atomic E-state index is 12.3. The minimum absolute atomic E-state index is 0.0474. The number of carbonyl (C=O) groups is 1. The second-order valence-corrected chi connectivity index (χ2v) is 6.88. The largest absolute Gasteiger partial charge is 0.503 e. The molecule has 1 aromatic heterocycles. The molecule has 2 heterocycles. The number of carbonyl (C=O) groups excluding carboxylic acids is 1. The fraction of sp³-hybridized carbons (Fsp3) is 0.133. The van der Waals surface area contributed by atoms with Crippen LogP contribution in [0.15, 0.2) is 53.4 Å². The van der Waals surface area contributed by atoms with Gasteiger partial charge in [-0.15, -0.1) is 0 Å². The Labute approximate surface area is 138 Å². The normalized spacial score (nSPS) is 15.0. The maximum absolute atomic E-state index is 12.3. The first-order valence-corrected chi connectivity index (χ1v) is 8.44. The zero-order chi connectivity index (χ0) is 17.3. The number of hydrogen-bond acceptors (Lipinski definition) is 6. The van der Waals surface area contributed by atoms with Crippen molar-refractivity contribution in [3.05, 3.63) is 54.2 Å². The molecule has 8 nitrogen and oxygen atoms in total. The molecule has 124 valence electrons. The van der Waals surface area contributed by atoms with Gasteiger partial charge in [-0.2, -0.15) is 0 Å². The zero-order valence-electron chi connectivity index (χ0n) is 12.7. The van der Waals surface area contributed by atoms with Crippen LogP contribution in [0.5, 0.6) is 0 Å². The number of nitrogens with one attached hydrogen (secondary N) is 1. The molecule has 0 aliphatic carbocycles. The second-order valence-electron chi connectivity index (χ2n) is 5.20. The van der Waals surface area contributed by atoms with Crippen LogP contribution in [-0.4, -0.2) is 47.9 Å². The van der Waals surface area contributed by atoms with Crippen molar-refractivity contribution in [2.24, 2.45) is 0 Å². The average molecular weight is 346 g/mol. The predicted octanol–water partition coefficient (Wildman–Crippen LogP) is 1.02. The van der Waals surface area contributed by atoms with Crippen molar-refractivity contribution < 1.29 is 18.3 Å². The summed E-state index contributed by atoms with van der Waals surface area (Å²) in [5, 5.41) is 9.87. The van der Waals surface area contributed by atoms with Gasteiger partial charge in [0.15, 0.2) is 5.76 Å². The van der Waals surface area contributed by atoms with Gasteiger partial charge in [0, 0.05) is 18.7 Å². The number of sulfonamides is 1. The third kappa shape index (κ3) is 2.93. The molecule has 0 radical (unpaired) electrons. The number of hydrogen-bond donors (Lipinski definition) is 2. The van der Waals surface area contributed by atoms with Crippen molar-refractivity contribution in [3.8, 4) is 0 Å². The third-order valence-electron chi connectivity index (χ3n) is 3.50. The highest BCUT2D eigenvalue weighted by molar-refractivity contribution is 7.92. The van der Waals surface area contributed by atoms with Crippen LogP contribution in [-0.2, 0) is 14.8 Å². The molecule has 24 heavy (non-hydrogen) atoms. The van der Waals surface area contributed by atoms with E-state index in [-0.39, 0.29) is 23.0 Å². The van der Waals surface area contributed by atoms with Crippen LogP contribution in [0.25, 0.3) is 5.57 Å². The number of likely N-dealkylation sites (N-methyl/N-ethyl adjacent to an activating group) is 1. The quantitative estimate of drug-likeness (QED) is 0.855. The van der Waals surface area contributed by atoms with E-state index in [1.807, 2.05) is 0 Å². The van der Waals surface area contributed by atoms with E-state index in [0.717, 1.165) is 0 Å². The van der Waals surface area contributed by atoms with Gasteiger partial charge in [0.1, 0.15) is 12.1 Å². The number of benzene rings is 1. The van der Waals surface area contributed by atoms with E-state index in [1.54, 1.807) is 25.2 Å². The number of anilines is 1. The van der Waals surface area contributed by atoms with Gasteiger partial charge in [0.05, 0.1) is 17.1 Å². The molecule has 1 aliphatic rings. The summed E-state index contributed by atoms with van der Waals surface area (Å²) in [5.74, 6) is -0.853. The highest BCUT2D eigenvalue weighted by atomic mass is 32.2. The van der Waals surface area contributed by atoms with E-state index >= 15 is 0 Å². The van der Waals surface area contributed by atoms with Crippen LogP contribution in [0, 0.1) is 0 Å². The lowest BCUT2D eigenvalue weighted by Crippen LogP contribution is -2.21. The Hall–Kier alpha value is -2.94. The minimum Gasteiger partial charge on any atom is -0.503 e. The van der Waals surface area contributed by atoms with Crippen LogP contribution in [0.3, 0.4) is 0 Å². The third-order valence-corrected chi connectivity index (χ3v) is 4.87. The van der Waals surface area contributed by atoms with Gasteiger partial charge in [-0.1, -0.05) is 18.2 Å². The van der Waals surface area contributed by atoms with Crippen molar-refractivity contribution in [2.75, 3.05) is 18.3 Å². The lowest BCUT2D eigenvalue weighted by molar-refractivity contribution is -0.126. The van der Waals surface area contributed by atoms with Gasteiger partial charge in [0.25, 0.3) is 15.9 Å². The molecule has 0 spiro atoms. The number of aliphatic hydroxyl groups is 1. The summed E-state index contributed by atoms with van der Waals surface area (Å²) >= 11 is 0. The van der Waals surface area contributed by atoms with E-state index < -0.39 is 21.7 Å². The molecule has 1 aliphatic heterocycles. The molecule has 3 rings (SSSR count). The standard InChI is InChI=1S/C15H14N4O4S/c1-19-8-11(14(20)15(19)21)12-7-13(17-9-16-12)18-24(22,23)10-5-3-2-4-6-10/h2-7,9,20H,8H2,1H3,(H,16,17,18). The fourth-order valence-corrected chi connectivity index (χ4v) is 3.29. The van der Waals surface area contributed by atoms with E-state index in [9.17, 15) is 18.3 Å². The summed E-state index contributed by atoms with van der Waals surface area (Å²) in [6.07, 6.45) is 1.17. The monoisotopic (exact) mass is 346 g/mol. The van der Waals surface area contributed by atoms with Crippen molar-refractivity contribution >= 4 is 27.3 Å². The van der Waals surface area contributed by atoms with E-state index in [1.165, 1.54) is 29.4 Å². The number of rotatable bonds is 4. The first-order valence-electron chi connectivity index (χ1n) is 6.96. The number of aliphatic hydroxyl groups excluding tert-OH is 1. The van der Waals surface area contributed by atoms with Crippen molar-refractivity contribution in [1.82, 2.24) is 14.9 Å². The fourth-order valence-electron chi connectivity index (χ4n) is 2.27. The zero-order valence-corrected chi connectivity index (χ0v) is 13.5. The topological polar surface area (TPSA) is 112 Å². The SMILES string of the molecule is CN1CC(c2cc(NS(=O)(=O)c3ccccc3)ncn2)=C(O)C1=O. The lowest BCUT2D eigenvalue weighted by atomic mass is 10.2. The minimum atomic E-state index is -3.78. The molecule has 0 saturated heterocycles. The van der Waals surface area contributed by atoms with Gasteiger partial charge in [-0.25, -0.2) is 18.4 Å². The van der Waals surface area contributed by atoms with Crippen LogP contribution in [0.2, 0.25) is 0 Å². The molecular formula is C15H14N4O4S. The van der Waals surface area contributed by atoms with Gasteiger partial charge >= 0.3 is 0 Å². The van der Waals surface area contributed by atoms with Crippen LogP contribution in [0.1, 0.15) is 5.69 Å². The summed E-state index contributed by atoms with van der Waals surface area (Å²) < 4.78 is 27.0. The highest BCUT2D eigenvalue weighted by Crippen LogP contribution is 2.25. The highest BCUT2D eigenvalue weighted by Gasteiger charge is 2.29. The van der Waals surface area contributed by atoms with Gasteiger partial charge in [-0.05, 0) is 12.1 Å². The van der Waals surface area contributed by atoms with Gasteiger partial charge in [-0.3, -0.25) is 9.52 Å². The Bertz CT molecular complexity index is 926. The summed E-state index contributed by atoms with van der Waals surface area (Å²) in [7, 11) is -2.24. The molecule has 9 heteroatoms. The molecule has 0 atom stereocenters. The summed E-state index contributed by atoms with van der Waals surface area (Å²) in [5.41, 5.74) is 0.607. The van der Waals surface area contributed by atoms with Gasteiger partial charge < -0.3 is 10.0 Å². The van der Waals surface area contributed by atoms with Crippen LogP contribution >= 0.6 is 0 Å². The van der Waals surface area contributed by atoms with Gasteiger partial charge in [0.2, 0.25) is 0 Å². The van der Waals surface area contributed by atoms with Crippen LogP contribution < -0.4 is 4.72 Å². The van der Waals surface area contributed by atoms with Crippen molar-refractivity contribution in [2.45, 2.75) is 4.90 Å². The first-order chi connectivity index (χ1) is 11.4. The van der Waals surface area contributed by atoms with Crippen molar-refractivity contribution in [1.29, 1.82) is 0 Å². The first kappa shape index (κ1) is 15.9. The predicted molar refractivity (Wildman–Crippen MR) is 86.5 cm³/mol. The molecule has 0 unspecified atom stereocenters. The average Bonchev–Trinajstić information content (AvgIpc) is 2.83. The number of aromatic nitrogens is 2. The van der Waals surface area contributed by atoms with E-state index in [2.05, 4.69) is 14.7 Å². The molecule has 0 bridgehead atoms. The molecule has 2 aromatic rings. The summed E-state index contributed by atoms with van der Waals surface area (Å²) in [6.45, 7) is 0.187. The molecule has 0 fully saturated rings. The molecule has 1 amide bonds. The Morgan fingerprint density at radius 1 is 1.21 bits per heavy atom. The summed E-state index contributed by atoms with van der Waals surface area (Å²) in [6, 6.07) is 9.24.